The monoisotopic (exact) mass is 274 g/mol. The highest BCUT2D eigenvalue weighted by atomic mass is 19.4. The van der Waals surface area contributed by atoms with Gasteiger partial charge in [-0.15, -0.1) is 13.2 Å². The van der Waals surface area contributed by atoms with Crippen molar-refractivity contribution in [3.63, 3.8) is 0 Å². The van der Waals surface area contributed by atoms with Crippen LogP contribution in [-0.4, -0.2) is 18.4 Å². The number of hydrazine groups is 1. The van der Waals surface area contributed by atoms with Gasteiger partial charge in [-0.05, 0) is 25.0 Å². The van der Waals surface area contributed by atoms with Crippen molar-refractivity contribution in [2.75, 3.05) is 5.32 Å². The van der Waals surface area contributed by atoms with Gasteiger partial charge in [0.15, 0.2) is 5.75 Å². The number of ether oxygens (including phenoxy) is 1. The molecule has 0 amide bonds. The number of nitrogens with one attached hydrogen (secondary N) is 2. The van der Waals surface area contributed by atoms with Crippen LogP contribution < -0.4 is 21.3 Å². The highest BCUT2D eigenvalue weighted by molar-refractivity contribution is 5.94. The molecular formula is C11H13F3N4O. The molecule has 0 spiro atoms. The second-order valence-corrected chi connectivity index (χ2v) is 4.02. The predicted octanol–water partition coefficient (Wildman–Crippen LogP) is 1.98. The third kappa shape index (κ3) is 4.32. The normalized spacial score (nSPS) is 16.1. The van der Waals surface area contributed by atoms with E-state index in [-0.39, 0.29) is 23.4 Å². The van der Waals surface area contributed by atoms with Gasteiger partial charge in [0.05, 0.1) is 11.7 Å². The maximum absolute atomic E-state index is 12.2. The summed E-state index contributed by atoms with van der Waals surface area (Å²) in [5.74, 6) is 5.14. The summed E-state index contributed by atoms with van der Waals surface area (Å²) in [6, 6.07) is 5.85. The number of alkyl halides is 3. The molecule has 1 aliphatic carbocycles. The van der Waals surface area contributed by atoms with E-state index in [1.165, 1.54) is 18.2 Å². The highest BCUT2D eigenvalue weighted by Gasteiger charge is 2.32. The molecule has 104 valence electrons. The van der Waals surface area contributed by atoms with Crippen molar-refractivity contribution in [1.29, 1.82) is 0 Å². The van der Waals surface area contributed by atoms with Crippen molar-refractivity contribution in [3.8, 4) is 5.75 Å². The molecule has 0 bridgehead atoms. The average Bonchev–Trinajstić information content (AvgIpc) is 3.12. The molecular weight excluding hydrogens is 261 g/mol. The Morgan fingerprint density at radius 2 is 2.00 bits per heavy atom. The van der Waals surface area contributed by atoms with Gasteiger partial charge in [-0.25, -0.2) is 10.8 Å². The van der Waals surface area contributed by atoms with Crippen molar-refractivity contribution in [1.82, 2.24) is 5.43 Å². The average molecular weight is 274 g/mol. The Hall–Kier alpha value is -1.96. The van der Waals surface area contributed by atoms with Crippen LogP contribution in [0.25, 0.3) is 0 Å². The molecule has 0 radical (unpaired) electrons. The lowest BCUT2D eigenvalue weighted by molar-refractivity contribution is -0.274. The Labute approximate surface area is 107 Å². The summed E-state index contributed by atoms with van der Waals surface area (Å²) < 4.78 is 40.6. The van der Waals surface area contributed by atoms with E-state index in [9.17, 15) is 13.2 Å². The summed E-state index contributed by atoms with van der Waals surface area (Å²) in [6.07, 6.45) is -2.84. The summed E-state index contributed by atoms with van der Waals surface area (Å²) in [6.45, 7) is 0. The number of aliphatic imine (C=N–C) groups is 1. The second-order valence-electron chi connectivity index (χ2n) is 4.02. The van der Waals surface area contributed by atoms with Gasteiger partial charge >= 0.3 is 6.36 Å². The molecule has 0 saturated heterocycles. The topological polar surface area (TPSA) is 71.7 Å². The lowest BCUT2D eigenvalue weighted by Crippen LogP contribution is -2.36. The van der Waals surface area contributed by atoms with Gasteiger partial charge < -0.3 is 10.1 Å². The summed E-state index contributed by atoms with van der Waals surface area (Å²) in [4.78, 5) is 4.17. The number of nitrogens with two attached hydrogens (primary N) is 1. The van der Waals surface area contributed by atoms with Crippen LogP contribution in [0.2, 0.25) is 0 Å². The fourth-order valence-corrected chi connectivity index (χ4v) is 1.40. The first kappa shape index (κ1) is 13.5. The lowest BCUT2D eigenvalue weighted by atomic mass is 10.3. The second kappa shape index (κ2) is 5.35. The minimum atomic E-state index is -4.75. The van der Waals surface area contributed by atoms with Crippen LogP contribution in [0.5, 0.6) is 5.75 Å². The van der Waals surface area contributed by atoms with Crippen LogP contribution in [0.4, 0.5) is 18.9 Å². The third-order valence-corrected chi connectivity index (χ3v) is 2.36. The molecule has 0 aromatic heterocycles. The molecule has 8 heteroatoms. The standard InChI is InChI=1S/C11H13F3N4O/c12-11(13,14)19-9-4-2-1-3-8(9)17-10(18-15)16-7-5-6-7/h1-4,7H,5-6,15H2,(H2,16,17,18). The fourth-order valence-electron chi connectivity index (χ4n) is 1.40. The molecule has 1 fully saturated rings. The maximum atomic E-state index is 12.2. The van der Waals surface area contributed by atoms with Gasteiger partial charge in [-0.1, -0.05) is 12.1 Å². The number of nitrogens with zero attached hydrogens (tertiary/aromatic N) is 1. The van der Waals surface area contributed by atoms with E-state index in [1.54, 1.807) is 6.07 Å². The van der Waals surface area contributed by atoms with Crippen LogP contribution in [0.1, 0.15) is 12.8 Å². The Balaban J connectivity index is 2.14. The number of hydrogen-bond donors (Lipinski definition) is 3. The number of benzene rings is 1. The van der Waals surface area contributed by atoms with E-state index >= 15 is 0 Å². The van der Waals surface area contributed by atoms with E-state index in [2.05, 4.69) is 20.5 Å². The van der Waals surface area contributed by atoms with Crippen LogP contribution in [-0.2, 0) is 0 Å². The van der Waals surface area contributed by atoms with E-state index in [1.807, 2.05) is 0 Å². The van der Waals surface area contributed by atoms with Crippen molar-refractivity contribution < 1.29 is 17.9 Å². The van der Waals surface area contributed by atoms with E-state index in [0.717, 1.165) is 12.8 Å². The number of guanidine groups is 1. The van der Waals surface area contributed by atoms with Gasteiger partial charge in [-0.3, -0.25) is 5.43 Å². The van der Waals surface area contributed by atoms with Gasteiger partial charge in [0.1, 0.15) is 0 Å². The van der Waals surface area contributed by atoms with Crippen molar-refractivity contribution >= 4 is 11.6 Å². The third-order valence-electron chi connectivity index (χ3n) is 2.36. The maximum Gasteiger partial charge on any atom is 0.573 e. The van der Waals surface area contributed by atoms with Crippen molar-refractivity contribution in [2.24, 2.45) is 10.8 Å². The van der Waals surface area contributed by atoms with Gasteiger partial charge in [0.25, 0.3) is 0 Å². The summed E-state index contributed by atoms with van der Waals surface area (Å²) >= 11 is 0. The highest BCUT2D eigenvalue weighted by Crippen LogP contribution is 2.30. The van der Waals surface area contributed by atoms with E-state index in [0.29, 0.717) is 0 Å². The van der Waals surface area contributed by atoms with Crippen LogP contribution in [0.15, 0.2) is 29.3 Å². The number of halogens is 3. The Morgan fingerprint density at radius 1 is 1.32 bits per heavy atom. The molecule has 1 aliphatic rings. The molecule has 1 aromatic carbocycles. The van der Waals surface area contributed by atoms with Crippen LogP contribution in [0.3, 0.4) is 0 Å². The van der Waals surface area contributed by atoms with Crippen molar-refractivity contribution in [2.45, 2.75) is 25.2 Å². The summed E-state index contributed by atoms with van der Waals surface area (Å²) in [5, 5.41) is 2.68. The number of anilines is 1. The fraction of sp³-hybridized carbons (Fsp3) is 0.364. The van der Waals surface area contributed by atoms with E-state index in [4.69, 9.17) is 5.84 Å². The number of para-hydroxylation sites is 2. The molecule has 0 unspecified atom stereocenters. The number of rotatable bonds is 3. The smallest absolute Gasteiger partial charge is 0.404 e. The first-order valence-electron chi connectivity index (χ1n) is 5.64. The van der Waals surface area contributed by atoms with Crippen LogP contribution in [0, 0.1) is 0 Å². The van der Waals surface area contributed by atoms with Crippen LogP contribution >= 0.6 is 0 Å². The van der Waals surface area contributed by atoms with Gasteiger partial charge in [0.2, 0.25) is 5.96 Å². The molecule has 2 rings (SSSR count). The zero-order valence-corrected chi connectivity index (χ0v) is 9.87. The number of hydrogen-bond acceptors (Lipinski definition) is 3. The van der Waals surface area contributed by atoms with Crippen molar-refractivity contribution in [3.05, 3.63) is 24.3 Å². The molecule has 1 saturated carbocycles. The molecule has 0 heterocycles. The molecule has 1 aromatic rings. The zero-order valence-electron chi connectivity index (χ0n) is 9.87. The molecule has 19 heavy (non-hydrogen) atoms. The lowest BCUT2D eigenvalue weighted by Gasteiger charge is -2.15. The summed E-state index contributed by atoms with van der Waals surface area (Å²) in [7, 11) is 0. The Kier molecular flexibility index (Phi) is 3.79. The first-order chi connectivity index (χ1) is 8.98. The molecule has 4 N–H and O–H groups in total. The van der Waals surface area contributed by atoms with Gasteiger partial charge in [0, 0.05) is 0 Å². The molecule has 5 nitrogen and oxygen atoms in total. The minimum Gasteiger partial charge on any atom is -0.404 e. The quantitative estimate of drug-likeness (QED) is 0.341. The molecule has 0 atom stereocenters. The Bertz CT molecular complexity index is 471. The van der Waals surface area contributed by atoms with E-state index < -0.39 is 6.36 Å². The van der Waals surface area contributed by atoms with Gasteiger partial charge in [-0.2, -0.15) is 0 Å². The first-order valence-corrected chi connectivity index (χ1v) is 5.64. The molecule has 0 aliphatic heterocycles. The minimum absolute atomic E-state index is 0.136. The largest absolute Gasteiger partial charge is 0.573 e. The Morgan fingerprint density at radius 3 is 2.58 bits per heavy atom. The predicted molar refractivity (Wildman–Crippen MR) is 64.5 cm³/mol. The SMILES string of the molecule is NNC(=NC1CC1)Nc1ccccc1OC(F)(F)F. The zero-order chi connectivity index (χ0) is 13.9. The summed E-state index contributed by atoms with van der Waals surface area (Å²) in [5.41, 5.74) is 2.45.